The van der Waals surface area contributed by atoms with Crippen molar-refractivity contribution in [3.05, 3.63) is 96.6 Å². The highest BCUT2D eigenvalue weighted by Gasteiger charge is 2.32. The SMILES string of the molecule is C=CCCCCC(=O)OC[C@H](COCc1ccccc1)NC(=O)[C@@H](CC=C)CC(=O)N1Cc2ccccc2C[C@H]1CO. The average Bonchev–Trinajstić information content (AvgIpc) is 3.01. The maximum atomic E-state index is 13.4. The summed E-state index contributed by atoms with van der Waals surface area (Å²) < 4.78 is 11.3. The standard InChI is InChI=1S/C34H44N2O6/c1-3-5-6-10-18-33(39)42-25-30(24-41-23-26-14-8-7-9-15-26)35-34(40)28(13-4-2)20-32(38)36-21-29-17-12-11-16-27(29)19-31(36)22-37/h3-4,7-9,11-12,14-17,28,30-31,37H,1-2,5-6,10,13,18-25H2,(H,35,40)/t28-,30-,31-/m0/s1. The highest BCUT2D eigenvalue weighted by Crippen LogP contribution is 2.25. The number of ether oxygens (including phenoxy) is 2. The lowest BCUT2D eigenvalue weighted by molar-refractivity contribution is -0.146. The zero-order valence-electron chi connectivity index (χ0n) is 24.4. The van der Waals surface area contributed by atoms with Crippen LogP contribution in [0.3, 0.4) is 0 Å². The quantitative estimate of drug-likeness (QED) is 0.154. The van der Waals surface area contributed by atoms with Gasteiger partial charge in [-0.25, -0.2) is 0 Å². The first-order chi connectivity index (χ1) is 20.4. The Labute approximate surface area is 249 Å². The van der Waals surface area contributed by atoms with E-state index in [4.69, 9.17) is 9.47 Å². The summed E-state index contributed by atoms with van der Waals surface area (Å²) in [6.45, 7) is 8.15. The van der Waals surface area contributed by atoms with Crippen LogP contribution in [0, 0.1) is 5.92 Å². The van der Waals surface area contributed by atoms with Gasteiger partial charge in [0.2, 0.25) is 11.8 Å². The van der Waals surface area contributed by atoms with Crippen LogP contribution in [0.15, 0.2) is 79.9 Å². The van der Waals surface area contributed by atoms with Crippen LogP contribution in [-0.4, -0.2) is 59.7 Å². The Morgan fingerprint density at radius 1 is 1.00 bits per heavy atom. The number of unbranched alkanes of at least 4 members (excludes halogenated alkanes) is 2. The van der Waals surface area contributed by atoms with E-state index in [1.165, 1.54) is 0 Å². The molecule has 0 unspecified atom stereocenters. The number of esters is 1. The molecule has 0 aliphatic carbocycles. The van der Waals surface area contributed by atoms with E-state index in [1.807, 2.05) is 60.7 Å². The molecular formula is C34H44N2O6. The molecule has 3 atom stereocenters. The van der Waals surface area contributed by atoms with Gasteiger partial charge in [0, 0.05) is 19.4 Å². The molecule has 0 fully saturated rings. The number of benzene rings is 2. The number of aliphatic hydroxyl groups excluding tert-OH is 1. The Morgan fingerprint density at radius 2 is 1.74 bits per heavy atom. The number of rotatable bonds is 18. The van der Waals surface area contributed by atoms with Gasteiger partial charge in [0.25, 0.3) is 0 Å². The number of carbonyl (C=O) groups is 3. The highest BCUT2D eigenvalue weighted by atomic mass is 16.5. The molecule has 2 aromatic carbocycles. The number of aliphatic hydroxyl groups is 1. The number of carbonyl (C=O) groups excluding carboxylic acids is 3. The molecule has 0 radical (unpaired) electrons. The van der Waals surface area contributed by atoms with E-state index in [9.17, 15) is 19.5 Å². The Hall–Kier alpha value is -3.75. The maximum absolute atomic E-state index is 13.4. The third kappa shape index (κ3) is 10.6. The molecule has 0 spiro atoms. The summed E-state index contributed by atoms with van der Waals surface area (Å²) in [5.74, 6) is -1.54. The van der Waals surface area contributed by atoms with E-state index in [0.717, 1.165) is 29.5 Å². The van der Waals surface area contributed by atoms with Gasteiger partial charge in [-0.2, -0.15) is 0 Å². The summed E-state index contributed by atoms with van der Waals surface area (Å²) in [7, 11) is 0. The minimum absolute atomic E-state index is 0.0306. The van der Waals surface area contributed by atoms with Crippen molar-refractivity contribution in [2.24, 2.45) is 5.92 Å². The highest BCUT2D eigenvalue weighted by molar-refractivity contribution is 5.86. The average molecular weight is 577 g/mol. The van der Waals surface area contributed by atoms with Crippen molar-refractivity contribution >= 4 is 17.8 Å². The van der Waals surface area contributed by atoms with Crippen LogP contribution in [0.2, 0.25) is 0 Å². The Morgan fingerprint density at radius 3 is 2.45 bits per heavy atom. The zero-order valence-corrected chi connectivity index (χ0v) is 24.4. The Bertz CT molecular complexity index is 1170. The number of amides is 2. The van der Waals surface area contributed by atoms with Crippen molar-refractivity contribution in [3.63, 3.8) is 0 Å². The number of nitrogens with zero attached hydrogens (tertiary/aromatic N) is 1. The Balaban J connectivity index is 1.62. The van der Waals surface area contributed by atoms with Gasteiger partial charge < -0.3 is 24.8 Å². The third-order valence-electron chi connectivity index (χ3n) is 7.39. The molecule has 42 heavy (non-hydrogen) atoms. The summed E-state index contributed by atoms with van der Waals surface area (Å²) in [6, 6.07) is 16.6. The van der Waals surface area contributed by atoms with E-state index >= 15 is 0 Å². The molecule has 226 valence electrons. The summed E-state index contributed by atoms with van der Waals surface area (Å²) in [5, 5.41) is 12.9. The number of allylic oxidation sites excluding steroid dienone is 2. The molecule has 2 N–H and O–H groups in total. The van der Waals surface area contributed by atoms with E-state index in [0.29, 0.717) is 32.4 Å². The van der Waals surface area contributed by atoms with Crippen molar-refractivity contribution in [2.75, 3.05) is 19.8 Å². The second kappa shape index (κ2) is 17.9. The van der Waals surface area contributed by atoms with E-state index < -0.39 is 12.0 Å². The van der Waals surface area contributed by atoms with E-state index in [2.05, 4.69) is 18.5 Å². The van der Waals surface area contributed by atoms with E-state index in [-0.39, 0.29) is 56.5 Å². The van der Waals surface area contributed by atoms with Gasteiger partial charge in [-0.1, -0.05) is 66.7 Å². The molecular weight excluding hydrogens is 532 g/mol. The molecule has 2 aromatic rings. The molecule has 2 amide bonds. The molecule has 3 rings (SSSR count). The molecule has 1 heterocycles. The van der Waals surface area contributed by atoms with E-state index in [1.54, 1.807) is 11.0 Å². The summed E-state index contributed by atoms with van der Waals surface area (Å²) >= 11 is 0. The van der Waals surface area contributed by atoms with Gasteiger partial charge >= 0.3 is 5.97 Å². The molecule has 1 aliphatic rings. The maximum Gasteiger partial charge on any atom is 0.305 e. The molecule has 0 saturated carbocycles. The molecule has 1 aliphatic heterocycles. The van der Waals surface area contributed by atoms with Crippen molar-refractivity contribution in [2.45, 2.75) is 70.2 Å². The number of hydrogen-bond acceptors (Lipinski definition) is 6. The second-order valence-corrected chi connectivity index (χ2v) is 10.7. The van der Waals surface area contributed by atoms with Gasteiger partial charge in [0.15, 0.2) is 0 Å². The fourth-order valence-corrected chi connectivity index (χ4v) is 5.02. The number of nitrogens with one attached hydrogen (secondary N) is 1. The lowest BCUT2D eigenvalue weighted by Crippen LogP contribution is -2.49. The van der Waals surface area contributed by atoms with Crippen LogP contribution in [0.4, 0.5) is 0 Å². The summed E-state index contributed by atoms with van der Waals surface area (Å²) in [4.78, 5) is 40.9. The van der Waals surface area contributed by atoms with Gasteiger partial charge in [0.1, 0.15) is 6.61 Å². The smallest absolute Gasteiger partial charge is 0.305 e. The topological polar surface area (TPSA) is 105 Å². The molecule has 8 nitrogen and oxygen atoms in total. The molecule has 0 saturated heterocycles. The van der Waals surface area contributed by atoms with Crippen LogP contribution in [-0.2, 0) is 43.4 Å². The number of hydrogen-bond donors (Lipinski definition) is 2. The molecule has 0 aromatic heterocycles. The summed E-state index contributed by atoms with van der Waals surface area (Å²) in [6.07, 6.45) is 6.96. The van der Waals surface area contributed by atoms with Crippen molar-refractivity contribution in [1.29, 1.82) is 0 Å². The van der Waals surface area contributed by atoms with Crippen molar-refractivity contribution in [1.82, 2.24) is 10.2 Å². The predicted octanol–water partition coefficient (Wildman–Crippen LogP) is 4.51. The monoisotopic (exact) mass is 576 g/mol. The lowest BCUT2D eigenvalue weighted by Gasteiger charge is -2.36. The normalized spacial score (nSPS) is 15.6. The minimum atomic E-state index is -0.669. The molecule has 0 bridgehead atoms. The fraction of sp³-hybridized carbons (Fsp3) is 0.441. The fourth-order valence-electron chi connectivity index (χ4n) is 5.02. The van der Waals surface area contributed by atoms with Gasteiger partial charge in [-0.15, -0.1) is 13.2 Å². The predicted molar refractivity (Wildman–Crippen MR) is 162 cm³/mol. The largest absolute Gasteiger partial charge is 0.463 e. The zero-order chi connectivity index (χ0) is 30.2. The van der Waals surface area contributed by atoms with Crippen LogP contribution < -0.4 is 5.32 Å². The van der Waals surface area contributed by atoms with Crippen LogP contribution in [0.1, 0.15) is 55.2 Å². The number of fused-ring (bicyclic) bond motifs is 1. The first-order valence-corrected chi connectivity index (χ1v) is 14.7. The minimum Gasteiger partial charge on any atom is -0.463 e. The first kappa shape index (κ1) is 32.8. The lowest BCUT2D eigenvalue weighted by atomic mass is 9.92. The van der Waals surface area contributed by atoms with Gasteiger partial charge in [-0.05, 0) is 48.8 Å². The first-order valence-electron chi connectivity index (χ1n) is 14.7. The van der Waals surface area contributed by atoms with Gasteiger partial charge in [-0.3, -0.25) is 14.4 Å². The van der Waals surface area contributed by atoms with Crippen molar-refractivity contribution in [3.8, 4) is 0 Å². The Kier molecular flexibility index (Phi) is 14.0. The van der Waals surface area contributed by atoms with Gasteiger partial charge in [0.05, 0.1) is 37.8 Å². The van der Waals surface area contributed by atoms with Crippen LogP contribution in [0.25, 0.3) is 0 Å². The molecule has 8 heteroatoms. The third-order valence-corrected chi connectivity index (χ3v) is 7.39. The van der Waals surface area contributed by atoms with Crippen molar-refractivity contribution < 1.29 is 29.0 Å². The van der Waals surface area contributed by atoms with Crippen LogP contribution >= 0.6 is 0 Å². The summed E-state index contributed by atoms with van der Waals surface area (Å²) in [5.41, 5.74) is 3.15. The second-order valence-electron chi connectivity index (χ2n) is 10.7. The van der Waals surface area contributed by atoms with Crippen LogP contribution in [0.5, 0.6) is 0 Å².